The van der Waals surface area contributed by atoms with Gasteiger partial charge in [-0.15, -0.1) is 5.10 Å². The minimum Gasteiger partial charge on any atom is -0.420 e. The molecular formula is C14H15F3N4O. The van der Waals surface area contributed by atoms with E-state index in [2.05, 4.69) is 5.10 Å². The molecule has 1 aromatic heterocycles. The van der Waals surface area contributed by atoms with Gasteiger partial charge >= 0.3 is 6.18 Å². The number of aromatic nitrogens is 2. The van der Waals surface area contributed by atoms with E-state index in [9.17, 15) is 18.4 Å². The molecule has 1 unspecified atom stereocenters. The van der Waals surface area contributed by atoms with Crippen molar-refractivity contribution in [1.29, 1.82) is 5.26 Å². The van der Waals surface area contributed by atoms with Crippen LogP contribution in [0.4, 0.5) is 13.2 Å². The molecule has 1 aliphatic heterocycles. The van der Waals surface area contributed by atoms with Crippen LogP contribution in [0.1, 0.15) is 49.3 Å². The molecule has 0 bridgehead atoms. The molecule has 0 amide bonds. The van der Waals surface area contributed by atoms with E-state index in [1.165, 1.54) is 0 Å². The van der Waals surface area contributed by atoms with Gasteiger partial charge in [-0.05, 0) is 18.8 Å². The molecule has 0 aromatic carbocycles. The highest BCUT2D eigenvalue weighted by atomic mass is 19.4. The topological polar surface area (TPSA) is 87.7 Å². The predicted octanol–water partition coefficient (Wildman–Crippen LogP) is 3.18. The van der Waals surface area contributed by atoms with Crippen molar-refractivity contribution in [1.82, 2.24) is 10.2 Å². The highest BCUT2D eigenvalue weighted by Gasteiger charge is 2.46. The number of allylic oxidation sites excluding steroid dienone is 1. The van der Waals surface area contributed by atoms with E-state index < -0.39 is 17.8 Å². The number of nitriles is 1. The number of nitrogens with one attached hydrogen (secondary N) is 1. The van der Waals surface area contributed by atoms with E-state index in [1.807, 2.05) is 11.2 Å². The number of nitrogens with two attached hydrogens (primary N) is 1. The number of hydrogen-bond acceptors (Lipinski definition) is 4. The minimum absolute atomic E-state index is 0.0525. The molecule has 1 aliphatic carbocycles. The van der Waals surface area contributed by atoms with Gasteiger partial charge in [-0.3, -0.25) is 5.10 Å². The third-order valence-electron chi connectivity index (χ3n) is 4.39. The normalized spacial score (nSPS) is 22.9. The van der Waals surface area contributed by atoms with Crippen LogP contribution < -0.4 is 10.5 Å². The standard InChI is InChI=1S/C14H15F3N4O/c15-14(16,17)11-10-9(7-4-2-1-3-5-7)8(6-18)12(19)22-13(10)21-20-11/h7,9H,1-5,19H2,(H,20,21). The fourth-order valence-corrected chi connectivity index (χ4v) is 3.44. The maximum atomic E-state index is 13.2. The molecule has 8 heteroatoms. The molecule has 3 rings (SSSR count). The van der Waals surface area contributed by atoms with Crippen LogP contribution in [-0.4, -0.2) is 10.2 Å². The van der Waals surface area contributed by atoms with Crippen molar-refractivity contribution in [2.45, 2.75) is 44.2 Å². The van der Waals surface area contributed by atoms with E-state index in [0.717, 1.165) is 32.1 Å². The number of fused-ring (bicyclic) bond motifs is 1. The molecule has 1 atom stereocenters. The van der Waals surface area contributed by atoms with E-state index in [0.29, 0.717) is 0 Å². The monoisotopic (exact) mass is 312 g/mol. The summed E-state index contributed by atoms with van der Waals surface area (Å²) in [5.74, 6) is -1.07. The third-order valence-corrected chi connectivity index (χ3v) is 4.39. The van der Waals surface area contributed by atoms with Gasteiger partial charge in [0, 0.05) is 5.92 Å². The Morgan fingerprint density at radius 1 is 1.27 bits per heavy atom. The molecule has 5 nitrogen and oxygen atoms in total. The Balaban J connectivity index is 2.13. The first kappa shape index (κ1) is 14.8. The van der Waals surface area contributed by atoms with Crippen LogP contribution in [0.5, 0.6) is 5.88 Å². The molecule has 2 aliphatic rings. The number of alkyl halides is 3. The average Bonchev–Trinajstić information content (AvgIpc) is 2.90. The van der Waals surface area contributed by atoms with Crippen molar-refractivity contribution < 1.29 is 17.9 Å². The summed E-state index contributed by atoms with van der Waals surface area (Å²) in [7, 11) is 0. The fraction of sp³-hybridized carbons (Fsp3) is 0.571. The molecule has 118 valence electrons. The molecule has 2 heterocycles. The molecular weight excluding hydrogens is 297 g/mol. The first-order valence-corrected chi connectivity index (χ1v) is 7.16. The largest absolute Gasteiger partial charge is 0.433 e. The maximum absolute atomic E-state index is 13.2. The zero-order valence-electron chi connectivity index (χ0n) is 11.7. The van der Waals surface area contributed by atoms with Crippen LogP contribution >= 0.6 is 0 Å². The molecule has 1 fully saturated rings. The van der Waals surface area contributed by atoms with Crippen LogP contribution in [0.3, 0.4) is 0 Å². The van der Waals surface area contributed by atoms with Gasteiger partial charge in [-0.2, -0.15) is 18.4 Å². The van der Waals surface area contributed by atoms with Crippen LogP contribution in [0.25, 0.3) is 0 Å². The Kier molecular flexibility index (Phi) is 3.51. The Morgan fingerprint density at radius 2 is 1.95 bits per heavy atom. The molecule has 1 aromatic rings. The van der Waals surface area contributed by atoms with Crippen molar-refractivity contribution in [3.63, 3.8) is 0 Å². The Bertz CT molecular complexity index is 650. The van der Waals surface area contributed by atoms with Crippen LogP contribution in [-0.2, 0) is 6.18 Å². The lowest BCUT2D eigenvalue weighted by Crippen LogP contribution is -2.27. The summed E-state index contributed by atoms with van der Waals surface area (Å²) in [4.78, 5) is 0. The number of nitrogens with zero attached hydrogens (tertiary/aromatic N) is 2. The number of H-pyrrole nitrogens is 1. The first-order valence-electron chi connectivity index (χ1n) is 7.16. The second kappa shape index (κ2) is 5.23. The molecule has 1 saturated carbocycles. The molecule has 22 heavy (non-hydrogen) atoms. The predicted molar refractivity (Wildman–Crippen MR) is 70.4 cm³/mol. The molecule has 0 radical (unpaired) electrons. The Morgan fingerprint density at radius 3 is 2.55 bits per heavy atom. The van der Waals surface area contributed by atoms with E-state index >= 15 is 0 Å². The van der Waals surface area contributed by atoms with Gasteiger partial charge in [0.15, 0.2) is 0 Å². The number of ether oxygens (including phenoxy) is 1. The van der Waals surface area contributed by atoms with E-state index in [4.69, 9.17) is 10.5 Å². The highest BCUT2D eigenvalue weighted by molar-refractivity contribution is 5.50. The van der Waals surface area contributed by atoms with Gasteiger partial charge in [0.1, 0.15) is 11.8 Å². The van der Waals surface area contributed by atoms with Gasteiger partial charge in [-0.25, -0.2) is 0 Å². The van der Waals surface area contributed by atoms with Crippen molar-refractivity contribution >= 4 is 0 Å². The lowest BCUT2D eigenvalue weighted by Gasteiger charge is -2.33. The summed E-state index contributed by atoms with van der Waals surface area (Å²) in [6.45, 7) is 0. The lowest BCUT2D eigenvalue weighted by molar-refractivity contribution is -0.142. The van der Waals surface area contributed by atoms with Crippen molar-refractivity contribution in [2.24, 2.45) is 11.7 Å². The highest BCUT2D eigenvalue weighted by Crippen LogP contribution is 2.50. The van der Waals surface area contributed by atoms with Gasteiger partial charge in [-0.1, -0.05) is 19.3 Å². The number of rotatable bonds is 1. The SMILES string of the molecule is N#CC1=C(N)Oc2n[nH]c(C(F)(F)F)c2C1C1CCCCC1. The maximum Gasteiger partial charge on any atom is 0.433 e. The summed E-state index contributed by atoms with van der Waals surface area (Å²) in [6.07, 6.45) is -0.102. The zero-order chi connectivity index (χ0) is 15.9. The third kappa shape index (κ3) is 2.30. The number of halogens is 3. The fourth-order valence-electron chi connectivity index (χ4n) is 3.44. The Labute approximate surface area is 124 Å². The summed E-state index contributed by atoms with van der Waals surface area (Å²) >= 11 is 0. The van der Waals surface area contributed by atoms with Crippen molar-refractivity contribution in [3.8, 4) is 11.9 Å². The summed E-state index contributed by atoms with van der Waals surface area (Å²) in [5.41, 5.74) is 4.77. The van der Waals surface area contributed by atoms with Crippen LogP contribution in [0.15, 0.2) is 11.5 Å². The lowest BCUT2D eigenvalue weighted by atomic mass is 9.73. The molecule has 0 spiro atoms. The minimum atomic E-state index is -4.58. The molecule has 0 saturated heterocycles. The van der Waals surface area contributed by atoms with Gasteiger partial charge in [0.2, 0.25) is 11.8 Å². The Hall–Kier alpha value is -2.17. The number of hydrogen-bond donors (Lipinski definition) is 2. The zero-order valence-corrected chi connectivity index (χ0v) is 11.7. The molecule has 3 N–H and O–H groups in total. The summed E-state index contributed by atoms with van der Waals surface area (Å²) in [5, 5.41) is 14.9. The van der Waals surface area contributed by atoms with E-state index in [-0.39, 0.29) is 28.8 Å². The smallest absolute Gasteiger partial charge is 0.420 e. The average molecular weight is 312 g/mol. The van der Waals surface area contributed by atoms with E-state index in [1.54, 1.807) is 0 Å². The quantitative estimate of drug-likeness (QED) is 0.833. The second-order valence-corrected chi connectivity index (χ2v) is 5.68. The van der Waals surface area contributed by atoms with Crippen molar-refractivity contribution in [3.05, 3.63) is 22.7 Å². The second-order valence-electron chi connectivity index (χ2n) is 5.68. The first-order chi connectivity index (χ1) is 10.4. The van der Waals surface area contributed by atoms with Gasteiger partial charge < -0.3 is 10.5 Å². The van der Waals surface area contributed by atoms with Gasteiger partial charge in [0.05, 0.1) is 11.1 Å². The number of aromatic amines is 1. The van der Waals surface area contributed by atoms with Crippen LogP contribution in [0.2, 0.25) is 0 Å². The van der Waals surface area contributed by atoms with Crippen LogP contribution in [0, 0.1) is 17.2 Å². The summed E-state index contributed by atoms with van der Waals surface area (Å²) < 4.78 is 44.8. The van der Waals surface area contributed by atoms with Crippen molar-refractivity contribution in [2.75, 3.05) is 0 Å². The summed E-state index contributed by atoms with van der Waals surface area (Å²) in [6, 6.07) is 1.93. The van der Waals surface area contributed by atoms with Gasteiger partial charge in [0.25, 0.3) is 0 Å².